The van der Waals surface area contributed by atoms with E-state index in [0.717, 1.165) is 17.7 Å². The molecular weight excluding hydrogens is 296 g/mol. The molecule has 0 aliphatic heterocycles. The lowest BCUT2D eigenvalue weighted by molar-refractivity contribution is 0.359. The molecule has 0 fully saturated rings. The van der Waals surface area contributed by atoms with E-state index < -0.39 is 17.4 Å². The Labute approximate surface area is 126 Å². The molecule has 2 N–H and O–H groups in total. The largest absolute Gasteiger partial charge is 0.493 e. The summed E-state index contributed by atoms with van der Waals surface area (Å²) in [7, 11) is 1.45. The highest BCUT2D eigenvalue weighted by atomic mass is 32.1. The minimum Gasteiger partial charge on any atom is -0.493 e. The van der Waals surface area contributed by atoms with Crippen molar-refractivity contribution >= 4 is 17.2 Å². The Morgan fingerprint density at radius 1 is 1.10 bits per heavy atom. The standard InChI is InChI=1S/C15H13F2NO2S/c1-8-3-4-12(13(5-8)19-2)20-14-10(16)6-9(15(18)21)7-11(14)17/h3-7H,1-2H3,(H2,18,21). The van der Waals surface area contributed by atoms with Crippen LogP contribution in [0.15, 0.2) is 30.3 Å². The number of halogens is 2. The molecule has 3 nitrogen and oxygen atoms in total. The van der Waals surface area contributed by atoms with Crippen LogP contribution >= 0.6 is 12.2 Å². The smallest absolute Gasteiger partial charge is 0.198 e. The highest BCUT2D eigenvalue weighted by Gasteiger charge is 2.16. The SMILES string of the molecule is COc1cc(C)ccc1Oc1c(F)cc(C(N)=S)cc1F. The van der Waals surface area contributed by atoms with Crippen LogP contribution in [0.1, 0.15) is 11.1 Å². The first-order valence-corrected chi connectivity index (χ1v) is 6.44. The fourth-order valence-corrected chi connectivity index (χ4v) is 1.89. The molecule has 21 heavy (non-hydrogen) atoms. The number of rotatable bonds is 4. The van der Waals surface area contributed by atoms with Crippen LogP contribution in [-0.2, 0) is 0 Å². The summed E-state index contributed by atoms with van der Waals surface area (Å²) in [6, 6.07) is 7.09. The fraction of sp³-hybridized carbons (Fsp3) is 0.133. The van der Waals surface area contributed by atoms with Gasteiger partial charge in [0.2, 0.25) is 0 Å². The van der Waals surface area contributed by atoms with E-state index in [4.69, 9.17) is 27.4 Å². The molecule has 0 bridgehead atoms. The molecule has 0 saturated carbocycles. The van der Waals surface area contributed by atoms with Crippen molar-refractivity contribution in [1.29, 1.82) is 0 Å². The van der Waals surface area contributed by atoms with Crippen LogP contribution in [-0.4, -0.2) is 12.1 Å². The second-order valence-electron chi connectivity index (χ2n) is 4.39. The average molecular weight is 309 g/mol. The van der Waals surface area contributed by atoms with Crippen molar-refractivity contribution in [3.05, 3.63) is 53.1 Å². The number of hydrogen-bond donors (Lipinski definition) is 1. The lowest BCUT2D eigenvalue weighted by Crippen LogP contribution is -2.10. The van der Waals surface area contributed by atoms with Gasteiger partial charge in [-0.05, 0) is 36.8 Å². The Bertz CT molecular complexity index is 681. The van der Waals surface area contributed by atoms with Crippen LogP contribution in [0.25, 0.3) is 0 Å². The van der Waals surface area contributed by atoms with Gasteiger partial charge in [0, 0.05) is 5.56 Å². The van der Waals surface area contributed by atoms with Crippen molar-refractivity contribution in [1.82, 2.24) is 0 Å². The molecule has 0 spiro atoms. The zero-order chi connectivity index (χ0) is 15.6. The van der Waals surface area contributed by atoms with Gasteiger partial charge in [-0.2, -0.15) is 0 Å². The maximum absolute atomic E-state index is 14.0. The number of hydrogen-bond acceptors (Lipinski definition) is 3. The number of aryl methyl sites for hydroxylation is 1. The lowest BCUT2D eigenvalue weighted by atomic mass is 10.2. The zero-order valence-corrected chi connectivity index (χ0v) is 12.3. The van der Waals surface area contributed by atoms with E-state index in [9.17, 15) is 8.78 Å². The molecule has 2 aromatic rings. The summed E-state index contributed by atoms with van der Waals surface area (Å²) in [5.41, 5.74) is 6.39. The molecule has 0 aliphatic carbocycles. The van der Waals surface area contributed by atoms with E-state index in [2.05, 4.69) is 0 Å². The van der Waals surface area contributed by atoms with Gasteiger partial charge in [-0.3, -0.25) is 0 Å². The summed E-state index contributed by atoms with van der Waals surface area (Å²) in [5, 5.41) is 0. The van der Waals surface area contributed by atoms with Gasteiger partial charge in [0.05, 0.1) is 7.11 Å². The Kier molecular flexibility index (Phi) is 4.37. The number of nitrogens with two attached hydrogens (primary N) is 1. The van der Waals surface area contributed by atoms with Crippen LogP contribution in [0.2, 0.25) is 0 Å². The van der Waals surface area contributed by atoms with E-state index in [1.807, 2.05) is 6.92 Å². The van der Waals surface area contributed by atoms with Gasteiger partial charge in [-0.25, -0.2) is 8.78 Å². The Morgan fingerprint density at radius 2 is 1.71 bits per heavy atom. The molecule has 0 atom stereocenters. The van der Waals surface area contributed by atoms with Gasteiger partial charge < -0.3 is 15.2 Å². The minimum atomic E-state index is -0.888. The molecular formula is C15H13F2NO2S. The maximum atomic E-state index is 14.0. The van der Waals surface area contributed by atoms with Crippen LogP contribution in [0.4, 0.5) is 8.78 Å². The molecule has 0 amide bonds. The quantitative estimate of drug-likeness (QED) is 0.875. The van der Waals surface area contributed by atoms with Crippen LogP contribution in [0.3, 0.4) is 0 Å². The third-order valence-corrected chi connectivity index (χ3v) is 3.05. The summed E-state index contributed by atoms with van der Waals surface area (Å²) >= 11 is 4.69. The molecule has 0 saturated heterocycles. The Hall–Kier alpha value is -2.21. The normalized spacial score (nSPS) is 10.3. The number of methoxy groups -OCH3 is 1. The molecule has 0 aromatic heterocycles. The van der Waals surface area contributed by atoms with Crippen molar-refractivity contribution in [3.8, 4) is 17.2 Å². The lowest BCUT2D eigenvalue weighted by Gasteiger charge is -2.13. The van der Waals surface area contributed by atoms with Crippen LogP contribution in [0, 0.1) is 18.6 Å². The molecule has 6 heteroatoms. The monoisotopic (exact) mass is 309 g/mol. The van der Waals surface area contributed by atoms with E-state index in [0.29, 0.717) is 5.75 Å². The van der Waals surface area contributed by atoms with E-state index >= 15 is 0 Å². The molecule has 0 radical (unpaired) electrons. The van der Waals surface area contributed by atoms with E-state index in [-0.39, 0.29) is 16.3 Å². The first-order chi connectivity index (χ1) is 9.92. The predicted octanol–water partition coefficient (Wildman–Crippen LogP) is 3.71. The first-order valence-electron chi connectivity index (χ1n) is 6.03. The van der Waals surface area contributed by atoms with Gasteiger partial charge in [-0.1, -0.05) is 18.3 Å². The summed E-state index contributed by atoms with van der Waals surface area (Å²) < 4.78 is 38.3. The van der Waals surface area contributed by atoms with Crippen molar-refractivity contribution in [3.63, 3.8) is 0 Å². The van der Waals surface area contributed by atoms with Crippen molar-refractivity contribution in [2.24, 2.45) is 5.73 Å². The third kappa shape index (κ3) is 3.28. The summed E-state index contributed by atoms with van der Waals surface area (Å²) in [4.78, 5) is -0.0905. The topological polar surface area (TPSA) is 44.5 Å². The van der Waals surface area contributed by atoms with E-state index in [1.165, 1.54) is 7.11 Å². The zero-order valence-electron chi connectivity index (χ0n) is 11.4. The molecule has 0 unspecified atom stereocenters. The average Bonchev–Trinajstić information content (AvgIpc) is 2.43. The molecule has 0 aliphatic rings. The first kappa shape index (κ1) is 15.2. The Morgan fingerprint density at radius 3 is 2.24 bits per heavy atom. The second-order valence-corrected chi connectivity index (χ2v) is 4.83. The Balaban J connectivity index is 2.43. The highest BCUT2D eigenvalue weighted by molar-refractivity contribution is 7.80. The van der Waals surface area contributed by atoms with Gasteiger partial charge >= 0.3 is 0 Å². The van der Waals surface area contributed by atoms with Crippen molar-refractivity contribution < 1.29 is 18.3 Å². The number of thiocarbonyl (C=S) groups is 1. The van der Waals surface area contributed by atoms with Gasteiger partial charge in [0.1, 0.15) is 4.99 Å². The molecule has 0 heterocycles. The van der Waals surface area contributed by atoms with Crippen LogP contribution in [0.5, 0.6) is 17.2 Å². The molecule has 110 valence electrons. The van der Waals surface area contributed by atoms with Crippen molar-refractivity contribution in [2.75, 3.05) is 7.11 Å². The minimum absolute atomic E-state index is 0.0905. The van der Waals surface area contributed by atoms with Crippen LogP contribution < -0.4 is 15.2 Å². The molecule has 2 rings (SSSR count). The van der Waals surface area contributed by atoms with Gasteiger partial charge in [0.15, 0.2) is 28.9 Å². The maximum Gasteiger partial charge on any atom is 0.198 e. The van der Waals surface area contributed by atoms with Gasteiger partial charge in [-0.15, -0.1) is 0 Å². The summed E-state index contributed by atoms with van der Waals surface area (Å²) in [6.07, 6.45) is 0. The van der Waals surface area contributed by atoms with E-state index in [1.54, 1.807) is 18.2 Å². The summed E-state index contributed by atoms with van der Waals surface area (Å²) in [5.74, 6) is -1.71. The highest BCUT2D eigenvalue weighted by Crippen LogP contribution is 2.35. The second kappa shape index (κ2) is 6.05. The van der Waals surface area contributed by atoms with Gasteiger partial charge in [0.25, 0.3) is 0 Å². The number of benzene rings is 2. The summed E-state index contributed by atoms with van der Waals surface area (Å²) in [6.45, 7) is 1.87. The number of ether oxygens (including phenoxy) is 2. The predicted molar refractivity (Wildman–Crippen MR) is 80.1 cm³/mol. The fourth-order valence-electron chi connectivity index (χ4n) is 1.77. The third-order valence-electron chi connectivity index (χ3n) is 2.81. The van der Waals surface area contributed by atoms with Crippen molar-refractivity contribution in [2.45, 2.75) is 6.92 Å². The molecule has 2 aromatic carbocycles.